The van der Waals surface area contributed by atoms with E-state index in [2.05, 4.69) is 10.0 Å². The lowest BCUT2D eigenvalue weighted by Gasteiger charge is -2.31. The highest BCUT2D eigenvalue weighted by Gasteiger charge is 2.35. The van der Waals surface area contributed by atoms with E-state index >= 15 is 0 Å². The smallest absolute Gasteiger partial charge is 0.268 e. The second kappa shape index (κ2) is 5.98. The van der Waals surface area contributed by atoms with Crippen LogP contribution in [0.5, 0.6) is 5.75 Å². The lowest BCUT2D eigenvalue weighted by Crippen LogP contribution is -2.45. The lowest BCUT2D eigenvalue weighted by atomic mass is 10.1. The monoisotopic (exact) mass is 346 g/mol. The number of amides is 1. The average molecular weight is 346 g/mol. The third-order valence-corrected chi connectivity index (χ3v) is 5.34. The molecule has 122 valence electrons. The zero-order chi connectivity index (χ0) is 16.5. The molecule has 0 bridgehead atoms. The highest BCUT2D eigenvalue weighted by Crippen LogP contribution is 2.35. The maximum atomic E-state index is 12.1. The van der Waals surface area contributed by atoms with Gasteiger partial charge in [-0.1, -0.05) is 0 Å². The number of rotatable bonds is 5. The van der Waals surface area contributed by atoms with Gasteiger partial charge < -0.3 is 10.1 Å². The van der Waals surface area contributed by atoms with Crippen molar-refractivity contribution in [3.8, 4) is 5.75 Å². The van der Waals surface area contributed by atoms with Crippen LogP contribution in [0.4, 0.5) is 5.69 Å². The van der Waals surface area contributed by atoms with Gasteiger partial charge in [0, 0.05) is 29.4 Å². The number of anilines is 1. The van der Waals surface area contributed by atoms with Crippen LogP contribution in [0.3, 0.4) is 0 Å². The molecular formula is C13H18N2O5S2. The van der Waals surface area contributed by atoms with Gasteiger partial charge in [-0.05, 0) is 32.0 Å². The molecule has 0 spiro atoms. The first-order valence-corrected chi connectivity index (χ1v) is 9.77. The predicted molar refractivity (Wildman–Crippen MR) is 83.9 cm³/mol. The molecule has 1 atom stereocenters. The number of fused-ring (bicyclic) bond motifs is 1. The minimum absolute atomic E-state index is 0.0109. The molecule has 0 fully saturated rings. The summed E-state index contributed by atoms with van der Waals surface area (Å²) in [5.74, 6) is 0.306. The second-order valence-corrected chi connectivity index (χ2v) is 8.72. The van der Waals surface area contributed by atoms with Crippen LogP contribution in [0.25, 0.3) is 0 Å². The van der Waals surface area contributed by atoms with Gasteiger partial charge in [0.2, 0.25) is 10.0 Å². The molecular weight excluding hydrogens is 328 g/mol. The Hall–Kier alpha value is -1.45. The van der Waals surface area contributed by atoms with Crippen LogP contribution in [-0.2, 0) is 25.6 Å². The molecule has 1 amide bonds. The quantitative estimate of drug-likeness (QED) is 0.806. The number of hydrogen-bond donors (Lipinski definition) is 2. The normalized spacial score (nSPS) is 18.0. The molecule has 7 nitrogen and oxygen atoms in total. The van der Waals surface area contributed by atoms with Gasteiger partial charge in [0.15, 0.2) is 5.60 Å². The van der Waals surface area contributed by atoms with Gasteiger partial charge in [-0.25, -0.2) is 13.1 Å². The minimum atomic E-state index is -3.73. The van der Waals surface area contributed by atoms with E-state index in [0.717, 1.165) is 0 Å². The summed E-state index contributed by atoms with van der Waals surface area (Å²) in [6.07, 6.45) is 1.50. The van der Waals surface area contributed by atoms with Crippen molar-refractivity contribution >= 4 is 32.4 Å². The molecule has 2 N–H and O–H groups in total. The van der Waals surface area contributed by atoms with Crippen molar-refractivity contribution in [1.82, 2.24) is 4.72 Å². The van der Waals surface area contributed by atoms with Crippen LogP contribution in [0.1, 0.15) is 13.8 Å². The summed E-state index contributed by atoms with van der Waals surface area (Å²) in [6.45, 7) is 3.34. The maximum Gasteiger partial charge on any atom is 0.268 e. The number of hydrogen-bond acceptors (Lipinski definition) is 5. The molecule has 0 radical (unpaired) electrons. The van der Waals surface area contributed by atoms with Gasteiger partial charge in [0.25, 0.3) is 5.91 Å². The Kier molecular flexibility index (Phi) is 4.59. The van der Waals surface area contributed by atoms with Gasteiger partial charge >= 0.3 is 0 Å². The summed E-state index contributed by atoms with van der Waals surface area (Å²) in [6, 6.07) is 4.24. The molecule has 2 rings (SSSR count). The Morgan fingerprint density at radius 1 is 1.36 bits per heavy atom. The van der Waals surface area contributed by atoms with Crippen molar-refractivity contribution in [3.05, 3.63) is 18.2 Å². The van der Waals surface area contributed by atoms with E-state index in [-0.39, 0.29) is 23.1 Å². The Morgan fingerprint density at radius 2 is 2.05 bits per heavy atom. The highest BCUT2D eigenvalue weighted by atomic mass is 32.2. The van der Waals surface area contributed by atoms with E-state index in [1.165, 1.54) is 24.5 Å². The van der Waals surface area contributed by atoms with E-state index in [9.17, 15) is 17.4 Å². The first kappa shape index (κ1) is 16.9. The summed E-state index contributed by atoms with van der Waals surface area (Å²) in [4.78, 5) is 11.9. The van der Waals surface area contributed by atoms with Crippen molar-refractivity contribution in [2.24, 2.45) is 0 Å². The number of nitrogens with one attached hydrogen (secondary N) is 2. The molecule has 1 unspecified atom stereocenters. The Bertz CT molecular complexity index is 728. The van der Waals surface area contributed by atoms with Gasteiger partial charge in [-0.2, -0.15) is 0 Å². The van der Waals surface area contributed by atoms with E-state index in [1.54, 1.807) is 13.8 Å². The fourth-order valence-corrected chi connectivity index (χ4v) is 3.44. The van der Waals surface area contributed by atoms with Crippen molar-refractivity contribution in [2.45, 2.75) is 24.3 Å². The third kappa shape index (κ3) is 3.65. The second-order valence-electron chi connectivity index (χ2n) is 5.40. The molecule has 0 aromatic heterocycles. The SMILES string of the molecule is CS(=O)CCNS(=O)(=O)c1ccc2c(c1)NC(=O)C(C)(C)O2. The van der Waals surface area contributed by atoms with Gasteiger partial charge in [-0.3, -0.25) is 9.00 Å². The van der Waals surface area contributed by atoms with Gasteiger partial charge in [0.1, 0.15) is 5.75 Å². The van der Waals surface area contributed by atoms with E-state index < -0.39 is 26.4 Å². The van der Waals surface area contributed by atoms with Crippen LogP contribution in [0, 0.1) is 0 Å². The summed E-state index contributed by atoms with van der Waals surface area (Å²) in [7, 11) is -4.80. The lowest BCUT2D eigenvalue weighted by molar-refractivity contribution is -0.129. The zero-order valence-corrected chi connectivity index (χ0v) is 14.1. The fraction of sp³-hybridized carbons (Fsp3) is 0.462. The molecule has 1 aliphatic rings. The minimum Gasteiger partial charge on any atom is -0.476 e. The molecule has 0 aliphatic carbocycles. The first-order chi connectivity index (χ1) is 10.1. The highest BCUT2D eigenvalue weighted by molar-refractivity contribution is 7.89. The maximum absolute atomic E-state index is 12.1. The van der Waals surface area contributed by atoms with E-state index in [1.807, 2.05) is 0 Å². The molecule has 1 aromatic rings. The van der Waals surface area contributed by atoms with Crippen molar-refractivity contribution in [3.63, 3.8) is 0 Å². The summed E-state index contributed by atoms with van der Waals surface area (Å²) >= 11 is 0. The number of carbonyl (C=O) groups excluding carboxylic acids is 1. The summed E-state index contributed by atoms with van der Waals surface area (Å²) in [5, 5.41) is 2.63. The summed E-state index contributed by atoms with van der Waals surface area (Å²) in [5.41, 5.74) is -0.692. The van der Waals surface area contributed by atoms with Crippen LogP contribution in [0.15, 0.2) is 23.1 Å². The molecule has 1 aliphatic heterocycles. The first-order valence-electron chi connectivity index (χ1n) is 6.56. The fourth-order valence-electron chi connectivity index (χ4n) is 1.86. The number of ether oxygens (including phenoxy) is 1. The van der Waals surface area contributed by atoms with Crippen molar-refractivity contribution in [2.75, 3.05) is 23.9 Å². The molecule has 22 heavy (non-hydrogen) atoms. The third-order valence-electron chi connectivity index (χ3n) is 3.10. The van der Waals surface area contributed by atoms with Crippen LogP contribution >= 0.6 is 0 Å². The van der Waals surface area contributed by atoms with Gasteiger partial charge in [0.05, 0.1) is 10.6 Å². The molecule has 0 saturated carbocycles. The average Bonchev–Trinajstić information content (AvgIpc) is 2.38. The van der Waals surface area contributed by atoms with E-state index in [0.29, 0.717) is 11.4 Å². The van der Waals surface area contributed by atoms with E-state index in [4.69, 9.17) is 4.74 Å². The predicted octanol–water partition coefficient (Wildman–Crippen LogP) is 0.453. The largest absolute Gasteiger partial charge is 0.476 e. The standard InChI is InChI=1S/C13H18N2O5S2/c1-13(2)12(16)15-10-8-9(4-5-11(10)20-13)22(18,19)14-6-7-21(3)17/h4-5,8,14H,6-7H2,1-3H3,(H,15,16). The Labute approximate surface area is 131 Å². The molecule has 1 aromatic carbocycles. The molecule has 0 saturated heterocycles. The number of carbonyl (C=O) groups is 1. The summed E-state index contributed by atoms with van der Waals surface area (Å²) < 4.78 is 43.2. The van der Waals surface area contributed by atoms with Crippen LogP contribution in [-0.4, -0.2) is 42.7 Å². The van der Waals surface area contributed by atoms with Crippen LogP contribution < -0.4 is 14.8 Å². The number of benzene rings is 1. The topological polar surface area (TPSA) is 102 Å². The Morgan fingerprint density at radius 3 is 2.68 bits per heavy atom. The number of sulfonamides is 1. The van der Waals surface area contributed by atoms with Gasteiger partial charge in [-0.15, -0.1) is 0 Å². The molecule has 9 heteroatoms. The van der Waals surface area contributed by atoms with Crippen molar-refractivity contribution < 1.29 is 22.2 Å². The molecule has 1 heterocycles. The Balaban J connectivity index is 2.23. The zero-order valence-electron chi connectivity index (χ0n) is 12.5. The van der Waals surface area contributed by atoms with Crippen molar-refractivity contribution in [1.29, 1.82) is 0 Å². The van der Waals surface area contributed by atoms with Crippen LogP contribution in [0.2, 0.25) is 0 Å².